The average Bonchev–Trinajstić information content (AvgIpc) is 2.13. The maximum Gasteiger partial charge on any atom is 0.00740 e. The molecule has 0 heterocycles. The molecular weight excluding hydrogens is 184 g/mol. The van der Waals surface area contributed by atoms with Crippen molar-refractivity contribution < 1.29 is 0 Å². The Morgan fingerprint density at radius 2 is 1.60 bits per heavy atom. The lowest BCUT2D eigenvalue weighted by molar-refractivity contribution is 0.292. The largest absolute Gasteiger partial charge is 0.327 e. The fraction of sp³-hybridized carbons (Fsp3) is 1.00. The van der Waals surface area contributed by atoms with E-state index in [4.69, 9.17) is 5.73 Å². The maximum absolute atomic E-state index is 6.01. The Balaban J connectivity index is 3.44. The van der Waals surface area contributed by atoms with Crippen LogP contribution in [0.3, 0.4) is 0 Å². The van der Waals surface area contributed by atoms with Gasteiger partial charge in [-0.05, 0) is 51.2 Å². The molecule has 0 aromatic heterocycles. The van der Waals surface area contributed by atoms with E-state index < -0.39 is 0 Å². The maximum atomic E-state index is 6.01. The minimum Gasteiger partial charge on any atom is -0.327 e. The molecule has 0 aliphatic rings. The van der Waals surface area contributed by atoms with Crippen molar-refractivity contribution in [3.8, 4) is 0 Å². The van der Waals surface area contributed by atoms with Gasteiger partial charge in [0.15, 0.2) is 0 Å². The zero-order valence-corrected chi connectivity index (χ0v) is 11.3. The molecule has 0 amide bonds. The standard InChI is InChI=1S/C13H30N2/c1-11(2)7-6-9-15(5)10-8-13(14)12(3)4/h11-13H,6-10,14H2,1-5H3. The average molecular weight is 214 g/mol. The zero-order valence-electron chi connectivity index (χ0n) is 11.3. The molecule has 0 saturated heterocycles. The SMILES string of the molecule is CC(C)CCCN(C)CCC(N)C(C)C. The number of nitrogens with zero attached hydrogens (tertiary/aromatic N) is 1. The van der Waals surface area contributed by atoms with Gasteiger partial charge in [0.1, 0.15) is 0 Å². The van der Waals surface area contributed by atoms with Crippen LogP contribution in [0.4, 0.5) is 0 Å². The molecule has 1 unspecified atom stereocenters. The minimum absolute atomic E-state index is 0.359. The molecule has 92 valence electrons. The van der Waals surface area contributed by atoms with E-state index in [1.54, 1.807) is 0 Å². The van der Waals surface area contributed by atoms with Gasteiger partial charge in [-0.2, -0.15) is 0 Å². The van der Waals surface area contributed by atoms with Crippen LogP contribution >= 0.6 is 0 Å². The van der Waals surface area contributed by atoms with E-state index in [9.17, 15) is 0 Å². The summed E-state index contributed by atoms with van der Waals surface area (Å²) in [5.41, 5.74) is 6.01. The lowest BCUT2D eigenvalue weighted by Crippen LogP contribution is -2.32. The van der Waals surface area contributed by atoms with E-state index in [0.717, 1.165) is 18.9 Å². The summed E-state index contributed by atoms with van der Waals surface area (Å²) in [6.45, 7) is 11.3. The first kappa shape index (κ1) is 14.9. The number of hydrogen-bond acceptors (Lipinski definition) is 2. The van der Waals surface area contributed by atoms with E-state index in [1.165, 1.54) is 19.4 Å². The Bertz CT molecular complexity index is 143. The molecule has 0 aromatic carbocycles. The highest BCUT2D eigenvalue weighted by atomic mass is 15.1. The van der Waals surface area contributed by atoms with Gasteiger partial charge in [-0.15, -0.1) is 0 Å². The fourth-order valence-corrected chi connectivity index (χ4v) is 1.58. The fourth-order valence-electron chi connectivity index (χ4n) is 1.58. The first-order valence-corrected chi connectivity index (χ1v) is 6.37. The summed E-state index contributed by atoms with van der Waals surface area (Å²) in [7, 11) is 2.20. The highest BCUT2D eigenvalue weighted by molar-refractivity contribution is 4.67. The molecule has 0 fully saturated rings. The highest BCUT2D eigenvalue weighted by Crippen LogP contribution is 2.06. The molecule has 0 saturated carbocycles. The number of nitrogens with two attached hydrogens (primary N) is 1. The van der Waals surface area contributed by atoms with E-state index in [2.05, 4.69) is 39.6 Å². The van der Waals surface area contributed by atoms with E-state index in [-0.39, 0.29) is 0 Å². The van der Waals surface area contributed by atoms with Gasteiger partial charge in [-0.1, -0.05) is 27.7 Å². The topological polar surface area (TPSA) is 29.3 Å². The van der Waals surface area contributed by atoms with Crippen LogP contribution in [0.1, 0.15) is 47.0 Å². The number of hydrogen-bond donors (Lipinski definition) is 1. The Kier molecular flexibility index (Phi) is 8.07. The van der Waals surface area contributed by atoms with Gasteiger partial charge in [0.25, 0.3) is 0 Å². The van der Waals surface area contributed by atoms with E-state index in [1.807, 2.05) is 0 Å². The first-order chi connectivity index (χ1) is 6.93. The van der Waals surface area contributed by atoms with Crippen LogP contribution in [0.15, 0.2) is 0 Å². The van der Waals surface area contributed by atoms with Crippen molar-refractivity contribution >= 4 is 0 Å². The van der Waals surface area contributed by atoms with E-state index >= 15 is 0 Å². The van der Waals surface area contributed by atoms with E-state index in [0.29, 0.717) is 12.0 Å². The zero-order chi connectivity index (χ0) is 11.8. The van der Waals surface area contributed by atoms with Crippen LogP contribution in [0.25, 0.3) is 0 Å². The van der Waals surface area contributed by atoms with Crippen molar-refractivity contribution in [1.82, 2.24) is 4.90 Å². The van der Waals surface area contributed by atoms with Crippen LogP contribution in [0.5, 0.6) is 0 Å². The predicted octanol–water partition coefficient (Wildman–Crippen LogP) is 2.73. The lowest BCUT2D eigenvalue weighted by atomic mass is 10.0. The number of rotatable bonds is 8. The molecular formula is C13H30N2. The van der Waals surface area contributed by atoms with Gasteiger partial charge in [0, 0.05) is 6.04 Å². The second kappa shape index (κ2) is 8.12. The molecule has 0 aromatic rings. The molecule has 1 atom stereocenters. The minimum atomic E-state index is 0.359. The third-order valence-electron chi connectivity index (χ3n) is 3.02. The van der Waals surface area contributed by atoms with Crippen molar-refractivity contribution in [3.05, 3.63) is 0 Å². The van der Waals surface area contributed by atoms with Crippen LogP contribution in [-0.4, -0.2) is 31.1 Å². The summed E-state index contributed by atoms with van der Waals surface area (Å²) < 4.78 is 0. The Morgan fingerprint density at radius 1 is 1.00 bits per heavy atom. The van der Waals surface area contributed by atoms with Crippen LogP contribution in [0.2, 0.25) is 0 Å². The van der Waals surface area contributed by atoms with Gasteiger partial charge in [0.05, 0.1) is 0 Å². The molecule has 0 aliphatic carbocycles. The second-order valence-corrected chi connectivity index (χ2v) is 5.54. The van der Waals surface area contributed by atoms with Crippen molar-refractivity contribution in [3.63, 3.8) is 0 Å². The first-order valence-electron chi connectivity index (χ1n) is 6.37. The van der Waals surface area contributed by atoms with Gasteiger partial charge in [-0.25, -0.2) is 0 Å². The molecule has 0 radical (unpaired) electrons. The molecule has 2 heteroatoms. The van der Waals surface area contributed by atoms with Crippen molar-refractivity contribution in [1.29, 1.82) is 0 Å². The third kappa shape index (κ3) is 8.88. The Labute approximate surface area is 96.2 Å². The quantitative estimate of drug-likeness (QED) is 0.673. The molecule has 2 N–H and O–H groups in total. The summed E-state index contributed by atoms with van der Waals surface area (Å²) in [6, 6.07) is 0.359. The normalized spacial score (nSPS) is 14.2. The van der Waals surface area contributed by atoms with Gasteiger partial charge in [0.2, 0.25) is 0 Å². The monoisotopic (exact) mass is 214 g/mol. The molecule has 15 heavy (non-hydrogen) atoms. The summed E-state index contributed by atoms with van der Waals surface area (Å²) in [6.07, 6.45) is 3.77. The van der Waals surface area contributed by atoms with Gasteiger partial charge >= 0.3 is 0 Å². The van der Waals surface area contributed by atoms with Gasteiger partial charge < -0.3 is 10.6 Å². The molecule has 0 rings (SSSR count). The smallest absolute Gasteiger partial charge is 0.00740 e. The van der Waals surface area contributed by atoms with Crippen LogP contribution < -0.4 is 5.73 Å². The van der Waals surface area contributed by atoms with Gasteiger partial charge in [-0.3, -0.25) is 0 Å². The van der Waals surface area contributed by atoms with Crippen molar-refractivity contribution in [2.75, 3.05) is 20.1 Å². The molecule has 0 aliphatic heterocycles. The Morgan fingerprint density at radius 3 is 2.07 bits per heavy atom. The molecule has 0 spiro atoms. The summed E-state index contributed by atoms with van der Waals surface area (Å²) in [5.74, 6) is 1.44. The second-order valence-electron chi connectivity index (χ2n) is 5.54. The third-order valence-corrected chi connectivity index (χ3v) is 3.02. The summed E-state index contributed by atoms with van der Waals surface area (Å²) >= 11 is 0. The Hall–Kier alpha value is -0.0800. The summed E-state index contributed by atoms with van der Waals surface area (Å²) in [5, 5.41) is 0. The molecule has 2 nitrogen and oxygen atoms in total. The van der Waals surface area contributed by atoms with Crippen LogP contribution in [0, 0.1) is 11.8 Å². The van der Waals surface area contributed by atoms with Crippen molar-refractivity contribution in [2.45, 2.75) is 53.0 Å². The summed E-state index contributed by atoms with van der Waals surface area (Å²) in [4.78, 5) is 2.41. The van der Waals surface area contributed by atoms with Crippen molar-refractivity contribution in [2.24, 2.45) is 17.6 Å². The lowest BCUT2D eigenvalue weighted by Gasteiger charge is -2.21. The van der Waals surface area contributed by atoms with Crippen LogP contribution in [-0.2, 0) is 0 Å². The highest BCUT2D eigenvalue weighted by Gasteiger charge is 2.08. The predicted molar refractivity (Wildman–Crippen MR) is 69.0 cm³/mol. The molecule has 0 bridgehead atoms.